The summed E-state index contributed by atoms with van der Waals surface area (Å²) >= 11 is 5.40. The molecule has 1 N–H and O–H groups in total. The molecule has 18 heavy (non-hydrogen) atoms. The SMILES string of the molecule is CCC(C)C1CN(Cc2ccc(Br)s2)C(C)CN1. The van der Waals surface area contributed by atoms with E-state index in [4.69, 9.17) is 0 Å². The van der Waals surface area contributed by atoms with Gasteiger partial charge in [0, 0.05) is 36.6 Å². The van der Waals surface area contributed by atoms with Gasteiger partial charge in [-0.1, -0.05) is 20.3 Å². The Balaban J connectivity index is 1.97. The number of nitrogens with one attached hydrogen (secondary N) is 1. The molecule has 0 aromatic carbocycles. The molecule has 102 valence electrons. The molecule has 0 spiro atoms. The second kappa shape index (κ2) is 6.51. The van der Waals surface area contributed by atoms with Gasteiger partial charge in [-0.05, 0) is 40.9 Å². The highest BCUT2D eigenvalue weighted by Gasteiger charge is 2.27. The molecule has 4 heteroatoms. The highest BCUT2D eigenvalue weighted by molar-refractivity contribution is 9.11. The first-order valence-corrected chi connectivity index (χ1v) is 8.42. The summed E-state index contributed by atoms with van der Waals surface area (Å²) in [6.07, 6.45) is 1.25. The maximum absolute atomic E-state index is 3.69. The fraction of sp³-hybridized carbons (Fsp3) is 0.714. The van der Waals surface area contributed by atoms with Crippen LogP contribution in [0.1, 0.15) is 32.1 Å². The molecule has 3 atom stereocenters. The third-order valence-electron chi connectivity index (χ3n) is 4.05. The zero-order valence-electron chi connectivity index (χ0n) is 11.4. The number of piperazine rings is 1. The second-order valence-corrected chi connectivity index (χ2v) is 7.93. The number of halogens is 1. The first kappa shape index (κ1) is 14.5. The molecule has 2 nitrogen and oxygen atoms in total. The van der Waals surface area contributed by atoms with Crippen molar-refractivity contribution in [3.05, 3.63) is 20.8 Å². The molecule has 2 rings (SSSR count). The molecule has 1 fully saturated rings. The monoisotopic (exact) mass is 330 g/mol. The van der Waals surface area contributed by atoms with Crippen LogP contribution in [0.4, 0.5) is 0 Å². The molecule has 0 radical (unpaired) electrons. The van der Waals surface area contributed by atoms with Gasteiger partial charge in [-0.25, -0.2) is 0 Å². The Morgan fingerprint density at radius 2 is 2.33 bits per heavy atom. The molecule has 0 aliphatic carbocycles. The normalized spacial score (nSPS) is 27.3. The zero-order valence-corrected chi connectivity index (χ0v) is 13.9. The van der Waals surface area contributed by atoms with Crippen LogP contribution in [0.3, 0.4) is 0 Å². The van der Waals surface area contributed by atoms with Crippen LogP contribution >= 0.6 is 27.3 Å². The van der Waals surface area contributed by atoms with E-state index >= 15 is 0 Å². The van der Waals surface area contributed by atoms with Crippen molar-refractivity contribution in [1.29, 1.82) is 0 Å². The lowest BCUT2D eigenvalue weighted by Gasteiger charge is -2.40. The van der Waals surface area contributed by atoms with E-state index in [2.05, 4.69) is 59.1 Å². The van der Waals surface area contributed by atoms with E-state index in [9.17, 15) is 0 Å². The van der Waals surface area contributed by atoms with Gasteiger partial charge in [0.2, 0.25) is 0 Å². The first-order valence-electron chi connectivity index (χ1n) is 6.81. The number of thiophene rings is 1. The second-order valence-electron chi connectivity index (χ2n) is 5.38. The van der Waals surface area contributed by atoms with Gasteiger partial charge in [0.1, 0.15) is 0 Å². The highest BCUT2D eigenvalue weighted by atomic mass is 79.9. The topological polar surface area (TPSA) is 15.3 Å². The lowest BCUT2D eigenvalue weighted by molar-refractivity contribution is 0.113. The average molecular weight is 331 g/mol. The summed E-state index contributed by atoms with van der Waals surface area (Å²) in [6, 6.07) is 5.67. The number of nitrogens with zero attached hydrogens (tertiary/aromatic N) is 1. The Morgan fingerprint density at radius 3 is 2.94 bits per heavy atom. The van der Waals surface area contributed by atoms with E-state index in [1.165, 1.54) is 21.6 Å². The van der Waals surface area contributed by atoms with Crippen LogP contribution in [0.2, 0.25) is 0 Å². The van der Waals surface area contributed by atoms with Crippen molar-refractivity contribution in [3.8, 4) is 0 Å². The van der Waals surface area contributed by atoms with Crippen LogP contribution in [-0.4, -0.2) is 30.1 Å². The molecule has 0 saturated carbocycles. The van der Waals surface area contributed by atoms with Gasteiger partial charge in [-0.15, -0.1) is 11.3 Å². The smallest absolute Gasteiger partial charge is 0.0701 e. The van der Waals surface area contributed by atoms with Crippen molar-refractivity contribution in [2.45, 2.75) is 45.8 Å². The Kier molecular flexibility index (Phi) is 5.24. The van der Waals surface area contributed by atoms with E-state index in [-0.39, 0.29) is 0 Å². The van der Waals surface area contributed by atoms with E-state index in [0.717, 1.165) is 19.0 Å². The van der Waals surface area contributed by atoms with Crippen LogP contribution in [0, 0.1) is 5.92 Å². The summed E-state index contributed by atoms with van der Waals surface area (Å²) in [5.41, 5.74) is 0. The molecule has 0 amide bonds. The van der Waals surface area contributed by atoms with Gasteiger partial charge < -0.3 is 5.32 Å². The predicted octanol–water partition coefficient (Wildman–Crippen LogP) is 3.72. The summed E-state index contributed by atoms with van der Waals surface area (Å²) in [4.78, 5) is 4.07. The van der Waals surface area contributed by atoms with Crippen molar-refractivity contribution in [2.75, 3.05) is 13.1 Å². The maximum Gasteiger partial charge on any atom is 0.0701 e. The number of rotatable bonds is 4. The molecule has 1 aromatic heterocycles. The largest absolute Gasteiger partial charge is 0.311 e. The molecule has 0 bridgehead atoms. The summed E-state index contributed by atoms with van der Waals surface area (Å²) in [7, 11) is 0. The van der Waals surface area contributed by atoms with E-state index in [1.54, 1.807) is 0 Å². The van der Waals surface area contributed by atoms with E-state index in [1.807, 2.05) is 11.3 Å². The minimum absolute atomic E-state index is 0.631. The van der Waals surface area contributed by atoms with Crippen molar-refractivity contribution in [3.63, 3.8) is 0 Å². The Morgan fingerprint density at radius 1 is 1.56 bits per heavy atom. The van der Waals surface area contributed by atoms with Crippen LogP contribution in [-0.2, 0) is 6.54 Å². The number of hydrogen-bond donors (Lipinski definition) is 1. The molecular weight excluding hydrogens is 308 g/mol. The van der Waals surface area contributed by atoms with Crippen LogP contribution < -0.4 is 5.32 Å². The average Bonchev–Trinajstić information content (AvgIpc) is 2.76. The quantitative estimate of drug-likeness (QED) is 0.905. The molecule has 2 heterocycles. The minimum atomic E-state index is 0.631. The third-order valence-corrected chi connectivity index (χ3v) is 5.66. The summed E-state index contributed by atoms with van der Waals surface area (Å²) in [5.74, 6) is 0.759. The lowest BCUT2D eigenvalue weighted by atomic mass is 9.95. The van der Waals surface area contributed by atoms with Crippen LogP contribution in [0.15, 0.2) is 15.9 Å². The van der Waals surface area contributed by atoms with Gasteiger partial charge in [0.25, 0.3) is 0 Å². The van der Waals surface area contributed by atoms with E-state index in [0.29, 0.717) is 12.1 Å². The highest BCUT2D eigenvalue weighted by Crippen LogP contribution is 2.25. The summed E-state index contributed by atoms with van der Waals surface area (Å²) < 4.78 is 1.23. The molecule has 1 aliphatic rings. The zero-order chi connectivity index (χ0) is 13.1. The molecule has 3 unspecified atom stereocenters. The molecule has 1 aliphatic heterocycles. The Labute approximate surface area is 123 Å². The minimum Gasteiger partial charge on any atom is -0.311 e. The molecule has 1 saturated heterocycles. The van der Waals surface area contributed by atoms with Crippen molar-refractivity contribution in [1.82, 2.24) is 10.2 Å². The third kappa shape index (κ3) is 3.56. The molecule has 1 aromatic rings. The Hall–Kier alpha value is 0.1000. The van der Waals surface area contributed by atoms with Gasteiger partial charge >= 0.3 is 0 Å². The van der Waals surface area contributed by atoms with Gasteiger partial charge in [-0.2, -0.15) is 0 Å². The van der Waals surface area contributed by atoms with Crippen molar-refractivity contribution in [2.24, 2.45) is 5.92 Å². The van der Waals surface area contributed by atoms with Gasteiger partial charge in [0.15, 0.2) is 0 Å². The van der Waals surface area contributed by atoms with Crippen molar-refractivity contribution >= 4 is 27.3 Å². The number of hydrogen-bond acceptors (Lipinski definition) is 3. The predicted molar refractivity (Wildman–Crippen MR) is 83.1 cm³/mol. The molecular formula is C14H23BrN2S. The summed E-state index contributed by atoms with van der Waals surface area (Å²) in [6.45, 7) is 10.3. The van der Waals surface area contributed by atoms with Crippen LogP contribution in [0.5, 0.6) is 0 Å². The van der Waals surface area contributed by atoms with Crippen molar-refractivity contribution < 1.29 is 0 Å². The summed E-state index contributed by atoms with van der Waals surface area (Å²) in [5, 5.41) is 3.69. The van der Waals surface area contributed by atoms with E-state index < -0.39 is 0 Å². The standard InChI is InChI=1S/C14H23BrN2S/c1-4-10(2)13-9-17(11(3)7-16-13)8-12-5-6-14(15)18-12/h5-6,10-11,13,16H,4,7-9H2,1-3H3. The fourth-order valence-corrected chi connectivity index (χ4v) is 3.98. The lowest BCUT2D eigenvalue weighted by Crippen LogP contribution is -2.56. The van der Waals surface area contributed by atoms with Gasteiger partial charge in [-0.3, -0.25) is 4.90 Å². The first-order chi connectivity index (χ1) is 8.60. The van der Waals surface area contributed by atoms with Gasteiger partial charge in [0.05, 0.1) is 3.79 Å². The maximum atomic E-state index is 3.69. The fourth-order valence-electron chi connectivity index (χ4n) is 2.47. The Bertz CT molecular complexity index is 380. The van der Waals surface area contributed by atoms with Crippen LogP contribution in [0.25, 0.3) is 0 Å².